The molecular formula is C18H19ClNO5S2+. The summed E-state index contributed by atoms with van der Waals surface area (Å²) in [5.74, 6) is 0.754. The maximum atomic E-state index is 12.8. The molecule has 0 aliphatic carbocycles. The zero-order valence-corrected chi connectivity index (χ0v) is 17.5. The van der Waals surface area contributed by atoms with Gasteiger partial charge in [0.1, 0.15) is 11.3 Å². The largest absolute Gasteiger partial charge is 0.493 e. The summed E-state index contributed by atoms with van der Waals surface area (Å²) in [6.07, 6.45) is 1.89. The standard InChI is InChI=1S/C18H18NO5S2.ClH/c1-4-24-16(20)9-12-10-25-18-19(12)17(21)15(26-18)8-11-5-6-13(22-2)14(7-11)23-3;/h5-8,10H,4,9H2,1-3H3;1H/q+1;/b15-8+;. The van der Waals surface area contributed by atoms with Crippen molar-refractivity contribution in [2.24, 2.45) is 0 Å². The van der Waals surface area contributed by atoms with Crippen LogP contribution in [0.3, 0.4) is 0 Å². The number of esters is 1. The van der Waals surface area contributed by atoms with Gasteiger partial charge in [0.2, 0.25) is 5.69 Å². The molecule has 0 saturated carbocycles. The third-order valence-corrected chi connectivity index (χ3v) is 5.90. The number of thioether (sulfide) groups is 1. The van der Waals surface area contributed by atoms with Crippen molar-refractivity contribution in [2.75, 3.05) is 20.8 Å². The highest BCUT2D eigenvalue weighted by Crippen LogP contribution is 2.37. The van der Waals surface area contributed by atoms with Crippen LogP contribution in [0.15, 0.2) is 32.8 Å². The summed E-state index contributed by atoms with van der Waals surface area (Å²) < 4.78 is 17.9. The molecular weight excluding hydrogens is 410 g/mol. The van der Waals surface area contributed by atoms with Gasteiger partial charge in [0.15, 0.2) is 11.5 Å². The fraction of sp³-hybridized carbons (Fsp3) is 0.278. The Hall–Kier alpha value is -2.03. The average Bonchev–Trinajstić information content (AvgIpc) is 3.16. The van der Waals surface area contributed by atoms with Gasteiger partial charge in [-0.2, -0.15) is 0 Å². The fourth-order valence-electron chi connectivity index (χ4n) is 2.54. The number of halogens is 1. The minimum Gasteiger partial charge on any atom is -0.493 e. The maximum absolute atomic E-state index is 12.8. The Morgan fingerprint density at radius 3 is 2.63 bits per heavy atom. The van der Waals surface area contributed by atoms with Crippen LogP contribution < -0.4 is 14.0 Å². The molecule has 0 N–H and O–H groups in total. The molecule has 2 aromatic rings. The van der Waals surface area contributed by atoms with E-state index < -0.39 is 0 Å². The van der Waals surface area contributed by atoms with Crippen molar-refractivity contribution in [2.45, 2.75) is 17.7 Å². The first-order chi connectivity index (χ1) is 12.6. The van der Waals surface area contributed by atoms with E-state index in [1.807, 2.05) is 23.6 Å². The summed E-state index contributed by atoms with van der Waals surface area (Å²) in [6.45, 7) is 2.08. The highest BCUT2D eigenvalue weighted by Gasteiger charge is 2.40. The van der Waals surface area contributed by atoms with E-state index in [9.17, 15) is 9.59 Å². The van der Waals surface area contributed by atoms with Crippen molar-refractivity contribution < 1.29 is 28.4 Å². The molecule has 3 rings (SSSR count). The third kappa shape index (κ3) is 4.45. The van der Waals surface area contributed by atoms with Crippen molar-refractivity contribution in [3.63, 3.8) is 0 Å². The summed E-state index contributed by atoms with van der Waals surface area (Å²) in [7, 11) is 3.14. The zero-order chi connectivity index (χ0) is 18.7. The molecule has 1 aromatic carbocycles. The first-order valence-corrected chi connectivity index (χ1v) is 9.61. The second-order valence-corrected chi connectivity index (χ2v) is 7.49. The number of ether oxygens (including phenoxy) is 3. The molecule has 0 radical (unpaired) electrons. The normalized spacial score (nSPS) is 13.9. The molecule has 0 bridgehead atoms. The summed E-state index contributed by atoms with van der Waals surface area (Å²) in [5.41, 5.74) is 1.48. The number of nitrogens with zero attached hydrogens (tertiary/aromatic N) is 1. The van der Waals surface area contributed by atoms with Crippen molar-refractivity contribution >= 4 is 53.5 Å². The summed E-state index contributed by atoms with van der Waals surface area (Å²) in [5, 5.41) is 1.82. The molecule has 0 unspecified atom stereocenters. The Kier molecular flexibility index (Phi) is 7.29. The second kappa shape index (κ2) is 9.25. The molecule has 0 atom stereocenters. The Bertz CT molecular complexity index is 894. The van der Waals surface area contributed by atoms with Crippen LogP contribution in [0.4, 0.5) is 0 Å². The smallest absolute Gasteiger partial charge is 0.433 e. The lowest BCUT2D eigenvalue weighted by molar-refractivity contribution is -0.607. The first kappa shape index (κ1) is 21.3. The van der Waals surface area contributed by atoms with E-state index in [-0.39, 0.29) is 30.7 Å². The van der Waals surface area contributed by atoms with Gasteiger partial charge in [0, 0.05) is 11.8 Å². The Labute approximate surface area is 171 Å². The van der Waals surface area contributed by atoms with E-state index in [1.165, 1.54) is 23.1 Å². The van der Waals surface area contributed by atoms with Gasteiger partial charge >= 0.3 is 16.2 Å². The average molecular weight is 429 g/mol. The van der Waals surface area contributed by atoms with Gasteiger partial charge in [-0.3, -0.25) is 4.79 Å². The lowest BCUT2D eigenvalue weighted by Crippen LogP contribution is -2.43. The van der Waals surface area contributed by atoms with E-state index in [4.69, 9.17) is 14.2 Å². The van der Waals surface area contributed by atoms with Crippen LogP contribution in [0, 0.1) is 0 Å². The molecule has 9 heteroatoms. The lowest BCUT2D eigenvalue weighted by Gasteiger charge is -2.07. The quantitative estimate of drug-likeness (QED) is 0.399. The van der Waals surface area contributed by atoms with E-state index in [2.05, 4.69) is 0 Å². The molecule has 0 spiro atoms. The molecule has 1 aliphatic rings. The molecule has 0 fully saturated rings. The maximum Gasteiger partial charge on any atom is 0.433 e. The number of hydrogen-bond acceptors (Lipinski definition) is 7. The summed E-state index contributed by atoms with van der Waals surface area (Å²) in [4.78, 5) is 25.1. The van der Waals surface area contributed by atoms with Crippen molar-refractivity contribution in [1.82, 2.24) is 0 Å². The first-order valence-electron chi connectivity index (χ1n) is 7.91. The molecule has 144 valence electrons. The van der Waals surface area contributed by atoms with Gasteiger partial charge in [-0.25, -0.2) is 4.79 Å². The molecule has 1 aromatic heterocycles. The van der Waals surface area contributed by atoms with E-state index >= 15 is 0 Å². The van der Waals surface area contributed by atoms with Gasteiger partial charge in [-0.1, -0.05) is 17.4 Å². The summed E-state index contributed by atoms with van der Waals surface area (Å²) in [6, 6.07) is 5.47. The number of benzene rings is 1. The van der Waals surface area contributed by atoms with Crippen LogP contribution in [0.2, 0.25) is 0 Å². The molecule has 0 amide bonds. The second-order valence-electron chi connectivity index (χ2n) is 5.34. The number of aromatic nitrogens is 1. The minimum absolute atomic E-state index is 0. The molecule has 0 saturated heterocycles. The van der Waals surface area contributed by atoms with Crippen LogP contribution in [0.5, 0.6) is 11.5 Å². The predicted molar refractivity (Wildman–Crippen MR) is 106 cm³/mol. The number of thiazole rings is 1. The van der Waals surface area contributed by atoms with Gasteiger partial charge < -0.3 is 14.2 Å². The van der Waals surface area contributed by atoms with Gasteiger partial charge in [-0.05, 0) is 30.7 Å². The Morgan fingerprint density at radius 2 is 1.96 bits per heavy atom. The number of rotatable bonds is 6. The molecule has 6 nitrogen and oxygen atoms in total. The number of carbonyl (C=O) groups is 2. The van der Waals surface area contributed by atoms with Gasteiger partial charge in [-0.15, -0.1) is 17.0 Å². The molecule has 27 heavy (non-hydrogen) atoms. The summed E-state index contributed by atoms with van der Waals surface area (Å²) >= 11 is 2.83. The number of hydrogen-bond donors (Lipinski definition) is 0. The monoisotopic (exact) mass is 428 g/mol. The van der Waals surface area contributed by atoms with E-state index in [1.54, 1.807) is 31.8 Å². The van der Waals surface area contributed by atoms with Crippen LogP contribution in [-0.2, 0) is 16.0 Å². The van der Waals surface area contributed by atoms with Crippen molar-refractivity contribution in [3.8, 4) is 11.5 Å². The fourth-order valence-corrected chi connectivity index (χ4v) is 4.73. The van der Waals surface area contributed by atoms with E-state index in [0.717, 1.165) is 9.90 Å². The highest BCUT2D eigenvalue weighted by molar-refractivity contribution is 8.05. The van der Waals surface area contributed by atoms with Crippen LogP contribution in [0.25, 0.3) is 6.08 Å². The third-order valence-electron chi connectivity index (χ3n) is 3.71. The molecule has 2 heterocycles. The number of methoxy groups -OCH3 is 2. The van der Waals surface area contributed by atoms with Crippen LogP contribution in [0.1, 0.15) is 23.0 Å². The highest BCUT2D eigenvalue weighted by atomic mass is 35.5. The minimum atomic E-state index is -0.337. The topological polar surface area (TPSA) is 65.7 Å². The van der Waals surface area contributed by atoms with Crippen LogP contribution >= 0.6 is 35.5 Å². The lowest BCUT2D eigenvalue weighted by atomic mass is 10.2. The predicted octanol–water partition coefficient (Wildman–Crippen LogP) is 3.37. The zero-order valence-electron chi connectivity index (χ0n) is 15.0. The van der Waals surface area contributed by atoms with E-state index in [0.29, 0.717) is 28.7 Å². The molecule has 1 aliphatic heterocycles. The van der Waals surface area contributed by atoms with Crippen molar-refractivity contribution in [1.29, 1.82) is 0 Å². The number of fused-ring (bicyclic) bond motifs is 1. The number of carbonyl (C=O) groups excluding carboxylic acids is 2. The SMILES string of the molecule is CCOC(=O)Cc1csc2[n+]1C(=O)/C(=C\c1ccc(OC)c(OC)c1)S2.Cl. The van der Waals surface area contributed by atoms with Gasteiger partial charge in [0.05, 0.1) is 26.2 Å². The Morgan fingerprint density at radius 1 is 1.22 bits per heavy atom. The van der Waals surface area contributed by atoms with Crippen molar-refractivity contribution in [3.05, 3.63) is 39.7 Å². The van der Waals surface area contributed by atoms with Crippen LogP contribution in [-0.4, -0.2) is 32.7 Å². The van der Waals surface area contributed by atoms with Gasteiger partial charge in [0.25, 0.3) is 0 Å². The Balaban J connectivity index is 0.00000261. The number of allylic oxidation sites excluding steroid dienone is 1.